The molecular weight excluding hydrogens is 318 g/mol. The van der Waals surface area contributed by atoms with Crippen molar-refractivity contribution in [3.63, 3.8) is 0 Å². The number of nitrogens with zero attached hydrogens (tertiary/aromatic N) is 3. The maximum absolute atomic E-state index is 12.3. The fraction of sp³-hybridized carbons (Fsp3) is 0.250. The minimum Gasteiger partial charge on any atom is -0.378 e. The largest absolute Gasteiger partial charge is 0.378 e. The maximum Gasteiger partial charge on any atom is 0.239 e. The summed E-state index contributed by atoms with van der Waals surface area (Å²) in [5.41, 5.74) is 1.97. The van der Waals surface area contributed by atoms with Crippen LogP contribution in [-0.4, -0.2) is 30.7 Å². The van der Waals surface area contributed by atoms with E-state index in [2.05, 4.69) is 4.98 Å². The molecule has 0 saturated carbocycles. The summed E-state index contributed by atoms with van der Waals surface area (Å²) in [5.74, 6) is 1.16. The number of hydrogen-bond acceptors (Lipinski definition) is 4. The number of carbonyl (C=O) groups is 1. The van der Waals surface area contributed by atoms with E-state index in [4.69, 9.17) is 11.6 Å². The molecule has 114 valence electrons. The highest BCUT2D eigenvalue weighted by atomic mass is 35.5. The summed E-state index contributed by atoms with van der Waals surface area (Å²) < 4.78 is 0. The van der Waals surface area contributed by atoms with Crippen molar-refractivity contribution >= 4 is 40.8 Å². The molecule has 1 aromatic carbocycles. The lowest BCUT2D eigenvalue weighted by Gasteiger charge is -2.24. The molecule has 0 aliphatic carbocycles. The molecule has 1 fully saturated rings. The molecule has 2 aromatic rings. The van der Waals surface area contributed by atoms with Gasteiger partial charge >= 0.3 is 0 Å². The Bertz CT molecular complexity index is 693. The number of halogens is 1. The normalized spacial score (nSPS) is 17.9. The van der Waals surface area contributed by atoms with Crippen LogP contribution in [0.25, 0.3) is 0 Å². The van der Waals surface area contributed by atoms with Gasteiger partial charge < -0.3 is 4.90 Å². The molecule has 6 heteroatoms. The molecule has 0 N–H and O–H groups in total. The van der Waals surface area contributed by atoms with E-state index in [0.29, 0.717) is 16.6 Å². The van der Waals surface area contributed by atoms with E-state index in [9.17, 15) is 4.79 Å². The van der Waals surface area contributed by atoms with Gasteiger partial charge in [-0.1, -0.05) is 23.7 Å². The quantitative estimate of drug-likeness (QED) is 0.860. The van der Waals surface area contributed by atoms with Gasteiger partial charge in [0.1, 0.15) is 11.2 Å². The minimum absolute atomic E-state index is 0.0569. The number of rotatable bonds is 3. The topological polar surface area (TPSA) is 36.4 Å². The van der Waals surface area contributed by atoms with Crippen LogP contribution in [0.2, 0.25) is 5.02 Å². The molecule has 1 amide bonds. The standard InChI is InChI=1S/C16H16ClN3OS/c1-19(2)11-6-7-12(13(17)9-11)16-20(15(21)10-22-16)14-5-3-4-8-18-14/h3-9,16H,10H2,1-2H3. The van der Waals surface area contributed by atoms with E-state index in [1.165, 1.54) is 0 Å². The third kappa shape index (κ3) is 2.78. The number of carbonyl (C=O) groups excluding carboxylic acids is 1. The molecule has 1 atom stereocenters. The van der Waals surface area contributed by atoms with Crippen molar-refractivity contribution in [2.24, 2.45) is 0 Å². The van der Waals surface area contributed by atoms with E-state index < -0.39 is 0 Å². The van der Waals surface area contributed by atoms with Crippen molar-refractivity contribution in [3.05, 3.63) is 53.2 Å². The molecule has 1 unspecified atom stereocenters. The second kappa shape index (κ2) is 6.18. The van der Waals surface area contributed by atoms with Gasteiger partial charge in [-0.25, -0.2) is 4.98 Å². The van der Waals surface area contributed by atoms with Crippen LogP contribution in [0.5, 0.6) is 0 Å². The van der Waals surface area contributed by atoms with Crippen molar-refractivity contribution in [3.8, 4) is 0 Å². The van der Waals surface area contributed by atoms with E-state index in [-0.39, 0.29) is 11.3 Å². The zero-order valence-corrected chi connectivity index (χ0v) is 13.9. The molecule has 2 heterocycles. The van der Waals surface area contributed by atoms with Gasteiger partial charge in [0.2, 0.25) is 5.91 Å². The monoisotopic (exact) mass is 333 g/mol. The first-order chi connectivity index (χ1) is 10.6. The van der Waals surface area contributed by atoms with Crippen molar-refractivity contribution in [1.29, 1.82) is 0 Å². The molecule has 3 rings (SSSR count). The Labute approximate surface area is 139 Å². The Hall–Kier alpha value is -1.72. The van der Waals surface area contributed by atoms with Crippen LogP contribution in [0.4, 0.5) is 11.5 Å². The summed E-state index contributed by atoms with van der Waals surface area (Å²) in [7, 11) is 3.94. The third-order valence-electron chi connectivity index (χ3n) is 3.53. The second-order valence-electron chi connectivity index (χ2n) is 5.22. The summed E-state index contributed by atoms with van der Waals surface area (Å²) in [6, 6.07) is 11.5. The van der Waals surface area contributed by atoms with Crippen LogP contribution in [0.3, 0.4) is 0 Å². The molecule has 22 heavy (non-hydrogen) atoms. The van der Waals surface area contributed by atoms with E-state index >= 15 is 0 Å². The first-order valence-corrected chi connectivity index (χ1v) is 8.32. The highest BCUT2D eigenvalue weighted by molar-refractivity contribution is 8.00. The molecule has 4 nitrogen and oxygen atoms in total. The van der Waals surface area contributed by atoms with Crippen LogP contribution in [0.15, 0.2) is 42.6 Å². The summed E-state index contributed by atoms with van der Waals surface area (Å²) in [6.07, 6.45) is 1.69. The van der Waals surface area contributed by atoms with Crippen molar-refractivity contribution in [2.75, 3.05) is 29.6 Å². The van der Waals surface area contributed by atoms with Crippen LogP contribution < -0.4 is 9.80 Å². The fourth-order valence-corrected chi connectivity index (χ4v) is 3.93. The lowest BCUT2D eigenvalue weighted by molar-refractivity contribution is -0.115. The first kappa shape index (κ1) is 15.2. The average Bonchev–Trinajstić information content (AvgIpc) is 2.89. The Morgan fingerprint density at radius 3 is 2.77 bits per heavy atom. The molecule has 0 spiro atoms. The van der Waals surface area contributed by atoms with Gasteiger partial charge in [-0.2, -0.15) is 0 Å². The van der Waals surface area contributed by atoms with E-state index in [1.54, 1.807) is 22.9 Å². The summed E-state index contributed by atoms with van der Waals surface area (Å²) in [4.78, 5) is 20.3. The number of thioether (sulfide) groups is 1. The smallest absolute Gasteiger partial charge is 0.239 e. The number of anilines is 2. The Kier molecular flexibility index (Phi) is 4.27. The molecule has 1 aromatic heterocycles. The number of hydrogen-bond donors (Lipinski definition) is 0. The SMILES string of the molecule is CN(C)c1ccc(C2SCC(=O)N2c2ccccn2)c(Cl)c1. The minimum atomic E-state index is -0.133. The van der Waals surface area contributed by atoms with Gasteiger partial charge in [0.25, 0.3) is 0 Å². The van der Waals surface area contributed by atoms with Gasteiger partial charge in [-0.3, -0.25) is 9.69 Å². The summed E-state index contributed by atoms with van der Waals surface area (Å²) in [6.45, 7) is 0. The predicted octanol–water partition coefficient (Wildman–Crippen LogP) is 3.58. The molecule has 0 radical (unpaired) electrons. The van der Waals surface area contributed by atoms with Gasteiger partial charge in [-0.15, -0.1) is 11.8 Å². The van der Waals surface area contributed by atoms with Crippen molar-refractivity contribution < 1.29 is 4.79 Å². The molecule has 0 bridgehead atoms. The Morgan fingerprint density at radius 1 is 1.32 bits per heavy atom. The lowest BCUT2D eigenvalue weighted by atomic mass is 10.1. The molecule has 1 aliphatic rings. The predicted molar refractivity (Wildman–Crippen MR) is 92.7 cm³/mol. The highest BCUT2D eigenvalue weighted by Crippen LogP contribution is 2.43. The third-order valence-corrected chi connectivity index (χ3v) is 5.05. The highest BCUT2D eigenvalue weighted by Gasteiger charge is 2.35. The van der Waals surface area contributed by atoms with Crippen LogP contribution in [-0.2, 0) is 4.79 Å². The van der Waals surface area contributed by atoms with Gasteiger partial charge in [0.05, 0.1) is 5.75 Å². The number of aromatic nitrogens is 1. The van der Waals surface area contributed by atoms with Gasteiger partial charge in [0, 0.05) is 36.6 Å². The van der Waals surface area contributed by atoms with Crippen LogP contribution in [0, 0.1) is 0 Å². The average molecular weight is 334 g/mol. The molecule has 1 saturated heterocycles. The van der Waals surface area contributed by atoms with Crippen LogP contribution >= 0.6 is 23.4 Å². The number of amides is 1. The second-order valence-corrected chi connectivity index (χ2v) is 6.69. The Balaban J connectivity index is 1.98. The van der Waals surface area contributed by atoms with Gasteiger partial charge in [0.15, 0.2) is 0 Å². The number of pyridine rings is 1. The fourth-order valence-electron chi connectivity index (χ4n) is 2.39. The first-order valence-electron chi connectivity index (χ1n) is 6.89. The Morgan fingerprint density at radius 2 is 2.14 bits per heavy atom. The summed E-state index contributed by atoms with van der Waals surface area (Å²) in [5, 5.41) is 0.533. The van der Waals surface area contributed by atoms with Crippen LogP contribution in [0.1, 0.15) is 10.9 Å². The van der Waals surface area contributed by atoms with E-state index in [0.717, 1.165) is 11.3 Å². The van der Waals surface area contributed by atoms with Crippen molar-refractivity contribution in [2.45, 2.75) is 5.37 Å². The zero-order valence-electron chi connectivity index (χ0n) is 12.4. The maximum atomic E-state index is 12.3. The van der Waals surface area contributed by atoms with E-state index in [1.807, 2.05) is 55.4 Å². The van der Waals surface area contributed by atoms with Crippen molar-refractivity contribution in [1.82, 2.24) is 4.98 Å². The summed E-state index contributed by atoms with van der Waals surface area (Å²) >= 11 is 8.03. The van der Waals surface area contributed by atoms with Gasteiger partial charge in [-0.05, 0) is 24.3 Å². The zero-order chi connectivity index (χ0) is 15.7. The molecular formula is C16H16ClN3OS. The lowest BCUT2D eigenvalue weighted by Crippen LogP contribution is -2.28. The number of benzene rings is 1. The molecule has 1 aliphatic heterocycles.